The number of aliphatic hydroxyl groups excluding tert-OH is 1. The fraction of sp³-hybridized carbons (Fsp3) is 0.357. The van der Waals surface area contributed by atoms with Crippen LogP contribution in [0.25, 0.3) is 0 Å². The molecule has 1 unspecified atom stereocenters. The first kappa shape index (κ1) is 13.9. The van der Waals surface area contributed by atoms with Gasteiger partial charge in [0.2, 0.25) is 0 Å². The van der Waals surface area contributed by atoms with Gasteiger partial charge in [-0.15, -0.1) is 0 Å². The highest BCUT2D eigenvalue weighted by atomic mass is 35.5. The Hall–Kier alpha value is -1.52. The predicted molar refractivity (Wildman–Crippen MR) is 74.6 cm³/mol. The van der Waals surface area contributed by atoms with E-state index in [1.165, 1.54) is 0 Å². The van der Waals surface area contributed by atoms with Crippen LogP contribution >= 0.6 is 11.6 Å². The molecule has 19 heavy (non-hydrogen) atoms. The zero-order valence-corrected chi connectivity index (χ0v) is 11.5. The zero-order chi connectivity index (χ0) is 13.7. The third-order valence-corrected chi connectivity index (χ3v) is 3.03. The van der Waals surface area contributed by atoms with Crippen LogP contribution in [0, 0.1) is 0 Å². The molecule has 0 aliphatic carbocycles. The molecule has 1 heterocycles. The molecule has 2 aromatic rings. The number of benzene rings is 1. The lowest BCUT2D eigenvalue weighted by Gasteiger charge is -2.14. The summed E-state index contributed by atoms with van der Waals surface area (Å²) < 4.78 is 7.44. The molecule has 1 aromatic carbocycles. The SMILES string of the molecule is CCc1nccn1CC(O)COc1ccc(Cl)cc1. The van der Waals surface area contributed by atoms with Crippen LogP contribution in [0.2, 0.25) is 5.02 Å². The van der Waals surface area contributed by atoms with Crippen LogP contribution in [0.1, 0.15) is 12.7 Å². The van der Waals surface area contributed by atoms with Gasteiger partial charge < -0.3 is 14.4 Å². The number of aryl methyl sites for hydroxylation is 1. The van der Waals surface area contributed by atoms with Crippen LogP contribution < -0.4 is 4.74 Å². The molecule has 1 atom stereocenters. The lowest BCUT2D eigenvalue weighted by Crippen LogP contribution is -2.24. The minimum atomic E-state index is -0.574. The Labute approximate surface area is 117 Å². The summed E-state index contributed by atoms with van der Waals surface area (Å²) in [5.41, 5.74) is 0. The van der Waals surface area contributed by atoms with Crippen molar-refractivity contribution in [3.63, 3.8) is 0 Å². The van der Waals surface area contributed by atoms with Gasteiger partial charge in [0.05, 0.1) is 6.54 Å². The lowest BCUT2D eigenvalue weighted by atomic mass is 10.3. The average molecular weight is 281 g/mol. The fourth-order valence-corrected chi connectivity index (χ4v) is 1.95. The van der Waals surface area contributed by atoms with Gasteiger partial charge in [-0.3, -0.25) is 0 Å². The summed E-state index contributed by atoms with van der Waals surface area (Å²) in [6, 6.07) is 7.08. The van der Waals surface area contributed by atoms with Crippen LogP contribution in [0.4, 0.5) is 0 Å². The number of nitrogens with zero attached hydrogens (tertiary/aromatic N) is 2. The van der Waals surface area contributed by atoms with Crippen LogP contribution in [-0.4, -0.2) is 27.4 Å². The number of ether oxygens (including phenoxy) is 1. The molecule has 1 aromatic heterocycles. The Morgan fingerprint density at radius 2 is 2.11 bits per heavy atom. The first-order chi connectivity index (χ1) is 9.19. The number of rotatable bonds is 6. The van der Waals surface area contributed by atoms with Crippen molar-refractivity contribution in [1.82, 2.24) is 9.55 Å². The van der Waals surface area contributed by atoms with E-state index in [4.69, 9.17) is 16.3 Å². The first-order valence-electron chi connectivity index (χ1n) is 6.25. The van der Waals surface area contributed by atoms with Gasteiger partial charge in [-0.2, -0.15) is 0 Å². The van der Waals surface area contributed by atoms with Gasteiger partial charge in [0.15, 0.2) is 0 Å². The molecule has 102 valence electrons. The summed E-state index contributed by atoms with van der Waals surface area (Å²) >= 11 is 5.79. The van der Waals surface area contributed by atoms with Crippen molar-refractivity contribution >= 4 is 11.6 Å². The molecule has 0 saturated heterocycles. The Balaban J connectivity index is 1.84. The monoisotopic (exact) mass is 280 g/mol. The number of aliphatic hydroxyl groups is 1. The van der Waals surface area contributed by atoms with Gasteiger partial charge in [0, 0.05) is 23.8 Å². The summed E-state index contributed by atoms with van der Waals surface area (Å²) in [5, 5.41) is 10.6. The molecule has 4 nitrogen and oxygen atoms in total. The summed E-state index contributed by atoms with van der Waals surface area (Å²) in [5.74, 6) is 1.66. The van der Waals surface area contributed by atoms with E-state index in [0.717, 1.165) is 12.2 Å². The minimum absolute atomic E-state index is 0.239. The van der Waals surface area contributed by atoms with Crippen molar-refractivity contribution in [2.45, 2.75) is 26.0 Å². The molecule has 0 spiro atoms. The van der Waals surface area contributed by atoms with Crippen molar-refractivity contribution in [1.29, 1.82) is 0 Å². The molecule has 0 aliphatic rings. The number of imidazole rings is 1. The van der Waals surface area contributed by atoms with Crippen molar-refractivity contribution in [3.05, 3.63) is 47.5 Å². The molecule has 0 amide bonds. The second kappa shape index (κ2) is 6.59. The maximum Gasteiger partial charge on any atom is 0.119 e. The second-order valence-electron chi connectivity index (χ2n) is 4.27. The van der Waals surface area contributed by atoms with E-state index < -0.39 is 6.10 Å². The first-order valence-corrected chi connectivity index (χ1v) is 6.63. The predicted octanol–water partition coefficient (Wildman–Crippen LogP) is 2.54. The van der Waals surface area contributed by atoms with Gasteiger partial charge in [-0.25, -0.2) is 4.98 Å². The minimum Gasteiger partial charge on any atom is -0.491 e. The van der Waals surface area contributed by atoms with E-state index in [2.05, 4.69) is 4.98 Å². The zero-order valence-electron chi connectivity index (χ0n) is 10.8. The summed E-state index contributed by atoms with van der Waals surface area (Å²) in [4.78, 5) is 4.21. The molecule has 5 heteroatoms. The largest absolute Gasteiger partial charge is 0.491 e. The smallest absolute Gasteiger partial charge is 0.119 e. The van der Waals surface area contributed by atoms with Gasteiger partial charge >= 0.3 is 0 Å². The summed E-state index contributed by atoms with van der Waals surface area (Å²) in [6.45, 7) is 2.76. The van der Waals surface area contributed by atoms with Gasteiger partial charge in [0.25, 0.3) is 0 Å². The molecule has 0 radical (unpaired) electrons. The quantitative estimate of drug-likeness (QED) is 0.884. The highest BCUT2D eigenvalue weighted by molar-refractivity contribution is 6.30. The third-order valence-electron chi connectivity index (χ3n) is 2.78. The van der Waals surface area contributed by atoms with Crippen LogP contribution in [0.5, 0.6) is 5.75 Å². The normalized spacial score (nSPS) is 12.4. The Morgan fingerprint density at radius 1 is 1.37 bits per heavy atom. The van der Waals surface area contributed by atoms with E-state index >= 15 is 0 Å². The standard InChI is InChI=1S/C14H17ClN2O2/c1-2-14-16-7-8-17(14)9-12(18)10-19-13-5-3-11(15)4-6-13/h3-8,12,18H,2,9-10H2,1H3. The fourth-order valence-electron chi connectivity index (χ4n) is 1.82. The van der Waals surface area contributed by atoms with Crippen LogP contribution in [-0.2, 0) is 13.0 Å². The molecular weight excluding hydrogens is 264 g/mol. The van der Waals surface area contributed by atoms with E-state index in [0.29, 0.717) is 17.3 Å². The number of aromatic nitrogens is 2. The van der Waals surface area contributed by atoms with Gasteiger partial charge in [-0.1, -0.05) is 18.5 Å². The van der Waals surface area contributed by atoms with Gasteiger partial charge in [-0.05, 0) is 24.3 Å². The van der Waals surface area contributed by atoms with E-state index in [1.54, 1.807) is 30.5 Å². The molecular formula is C14H17ClN2O2. The molecule has 0 bridgehead atoms. The van der Waals surface area contributed by atoms with Crippen LogP contribution in [0.3, 0.4) is 0 Å². The number of halogens is 1. The van der Waals surface area contributed by atoms with Gasteiger partial charge in [0.1, 0.15) is 24.3 Å². The van der Waals surface area contributed by atoms with Crippen molar-refractivity contribution in [2.24, 2.45) is 0 Å². The van der Waals surface area contributed by atoms with Crippen molar-refractivity contribution in [3.8, 4) is 5.75 Å². The van der Waals surface area contributed by atoms with Crippen molar-refractivity contribution in [2.75, 3.05) is 6.61 Å². The second-order valence-corrected chi connectivity index (χ2v) is 4.70. The summed E-state index contributed by atoms with van der Waals surface area (Å²) in [7, 11) is 0. The Kier molecular flexibility index (Phi) is 4.82. The van der Waals surface area contributed by atoms with E-state index in [9.17, 15) is 5.11 Å². The Bertz CT molecular complexity index is 510. The highest BCUT2D eigenvalue weighted by Gasteiger charge is 2.09. The lowest BCUT2D eigenvalue weighted by molar-refractivity contribution is 0.0918. The maximum absolute atomic E-state index is 9.96. The van der Waals surface area contributed by atoms with E-state index in [-0.39, 0.29) is 6.61 Å². The van der Waals surface area contributed by atoms with Crippen molar-refractivity contribution < 1.29 is 9.84 Å². The van der Waals surface area contributed by atoms with Crippen LogP contribution in [0.15, 0.2) is 36.7 Å². The Morgan fingerprint density at radius 3 is 2.79 bits per heavy atom. The third kappa shape index (κ3) is 3.98. The molecule has 2 rings (SSSR count). The number of hydrogen-bond acceptors (Lipinski definition) is 3. The topological polar surface area (TPSA) is 47.3 Å². The average Bonchev–Trinajstić information content (AvgIpc) is 2.85. The highest BCUT2D eigenvalue weighted by Crippen LogP contribution is 2.15. The summed E-state index contributed by atoms with van der Waals surface area (Å²) in [6.07, 6.45) is 3.88. The molecule has 1 N–H and O–H groups in total. The molecule has 0 saturated carbocycles. The number of hydrogen-bond donors (Lipinski definition) is 1. The van der Waals surface area contributed by atoms with E-state index in [1.807, 2.05) is 17.7 Å². The maximum atomic E-state index is 9.96. The molecule has 0 aliphatic heterocycles. The molecule has 0 fully saturated rings.